The van der Waals surface area contributed by atoms with E-state index >= 15 is 0 Å². The van der Waals surface area contributed by atoms with Gasteiger partial charge in [-0.2, -0.15) is 5.10 Å². The Morgan fingerprint density at radius 3 is 2.53 bits per heavy atom. The number of fused-ring (bicyclic) bond motifs is 1. The van der Waals surface area contributed by atoms with Crippen molar-refractivity contribution in [1.29, 1.82) is 0 Å². The first kappa shape index (κ1) is 24.1. The lowest BCUT2D eigenvalue weighted by molar-refractivity contribution is -0.121. The van der Waals surface area contributed by atoms with E-state index < -0.39 is 0 Å². The minimum Gasteiger partial charge on any atom is -0.282 e. The lowest BCUT2D eigenvalue weighted by Gasteiger charge is -2.21. The number of carbonyl (C=O) groups excluding carboxylic acids is 3. The molecule has 0 radical (unpaired) electrons. The molecule has 0 N–H and O–H groups in total. The van der Waals surface area contributed by atoms with Crippen LogP contribution in [0.2, 0.25) is 5.02 Å². The summed E-state index contributed by atoms with van der Waals surface area (Å²) >= 11 is 7.72. The summed E-state index contributed by atoms with van der Waals surface area (Å²) in [5.74, 6) is -0.797. The zero-order valence-corrected chi connectivity index (χ0v) is 21.7. The van der Waals surface area contributed by atoms with Crippen molar-refractivity contribution < 1.29 is 14.4 Å². The standard InChI is InChI=1S/C26H24ClN5O3S/c1-15-13-16(2)31(29-15)12-11-30(26-28-24-17(3)20(27)7-8-21(24)36-26)25(35)18-5-4-6-19(14-18)32-22(33)9-10-23(32)34/h4-8,13-14H,9-12H2,1-3H3. The van der Waals surface area contributed by atoms with Crippen LogP contribution in [0.25, 0.3) is 10.2 Å². The number of hydrogen-bond acceptors (Lipinski definition) is 6. The molecule has 0 spiro atoms. The first-order valence-electron chi connectivity index (χ1n) is 11.6. The lowest BCUT2D eigenvalue weighted by Crippen LogP contribution is -2.34. The second-order valence-corrected chi connectivity index (χ2v) is 10.2. The summed E-state index contributed by atoms with van der Waals surface area (Å²) in [6.07, 6.45) is 0.360. The van der Waals surface area contributed by atoms with Crippen molar-refractivity contribution in [2.75, 3.05) is 16.3 Å². The van der Waals surface area contributed by atoms with Crippen molar-refractivity contribution in [3.05, 3.63) is 70.0 Å². The molecule has 36 heavy (non-hydrogen) atoms. The topological polar surface area (TPSA) is 88.4 Å². The number of rotatable bonds is 6. The normalized spacial score (nSPS) is 13.7. The van der Waals surface area contributed by atoms with Crippen molar-refractivity contribution >= 4 is 61.7 Å². The van der Waals surface area contributed by atoms with Gasteiger partial charge in [-0.25, -0.2) is 4.98 Å². The third-order valence-corrected chi connectivity index (χ3v) is 7.71. The van der Waals surface area contributed by atoms with Gasteiger partial charge in [0.15, 0.2) is 5.13 Å². The van der Waals surface area contributed by atoms with Crippen LogP contribution in [0.15, 0.2) is 42.5 Å². The molecule has 0 bridgehead atoms. The van der Waals surface area contributed by atoms with Crippen LogP contribution in [-0.2, 0) is 16.1 Å². The summed E-state index contributed by atoms with van der Waals surface area (Å²) in [6, 6.07) is 12.3. The highest BCUT2D eigenvalue weighted by molar-refractivity contribution is 7.22. The number of anilines is 2. The molecule has 1 fully saturated rings. The van der Waals surface area contributed by atoms with E-state index in [1.165, 1.54) is 11.3 Å². The third-order valence-electron chi connectivity index (χ3n) is 6.25. The summed E-state index contributed by atoms with van der Waals surface area (Å²) in [7, 11) is 0. The second-order valence-electron chi connectivity index (χ2n) is 8.80. The maximum Gasteiger partial charge on any atom is 0.260 e. The van der Waals surface area contributed by atoms with E-state index in [2.05, 4.69) is 5.10 Å². The number of benzene rings is 2. The van der Waals surface area contributed by atoms with Gasteiger partial charge in [-0.15, -0.1) is 0 Å². The van der Waals surface area contributed by atoms with E-state index in [0.717, 1.165) is 32.1 Å². The highest BCUT2D eigenvalue weighted by Gasteiger charge is 2.31. The minimum atomic E-state index is -0.278. The van der Waals surface area contributed by atoms with Gasteiger partial charge in [-0.05, 0) is 62.7 Å². The van der Waals surface area contributed by atoms with Crippen LogP contribution >= 0.6 is 22.9 Å². The molecule has 5 rings (SSSR count). The van der Waals surface area contributed by atoms with E-state index in [1.807, 2.05) is 43.7 Å². The summed E-state index contributed by atoms with van der Waals surface area (Å²) in [5.41, 5.74) is 4.29. The van der Waals surface area contributed by atoms with Crippen molar-refractivity contribution in [3.63, 3.8) is 0 Å². The molecule has 8 nitrogen and oxygen atoms in total. The van der Waals surface area contributed by atoms with E-state index in [9.17, 15) is 14.4 Å². The quantitative estimate of drug-likeness (QED) is 0.330. The number of imide groups is 1. The van der Waals surface area contributed by atoms with Gasteiger partial charge >= 0.3 is 0 Å². The number of nitrogens with zero attached hydrogens (tertiary/aromatic N) is 5. The van der Waals surface area contributed by atoms with Crippen LogP contribution in [-0.4, -0.2) is 39.0 Å². The molecular weight excluding hydrogens is 498 g/mol. The number of aryl methyl sites for hydroxylation is 3. The Morgan fingerprint density at radius 2 is 1.83 bits per heavy atom. The van der Waals surface area contributed by atoms with Crippen LogP contribution in [0.5, 0.6) is 0 Å². The van der Waals surface area contributed by atoms with E-state index in [1.54, 1.807) is 29.2 Å². The number of aromatic nitrogens is 3. The van der Waals surface area contributed by atoms with Gasteiger partial charge in [0.25, 0.3) is 5.91 Å². The van der Waals surface area contributed by atoms with Gasteiger partial charge in [0.2, 0.25) is 11.8 Å². The summed E-state index contributed by atoms with van der Waals surface area (Å²) < 4.78 is 2.79. The van der Waals surface area contributed by atoms with Crippen LogP contribution in [0.3, 0.4) is 0 Å². The average Bonchev–Trinajstić information content (AvgIpc) is 3.53. The number of hydrogen-bond donors (Lipinski definition) is 0. The monoisotopic (exact) mass is 521 g/mol. The Labute approximate surface area is 217 Å². The lowest BCUT2D eigenvalue weighted by atomic mass is 10.1. The number of thiazole rings is 1. The number of amides is 3. The molecule has 4 aromatic rings. The molecule has 0 atom stereocenters. The van der Waals surface area contributed by atoms with Crippen LogP contribution < -0.4 is 9.80 Å². The van der Waals surface area contributed by atoms with E-state index in [0.29, 0.717) is 34.5 Å². The number of carbonyl (C=O) groups is 3. The fraction of sp³-hybridized carbons (Fsp3) is 0.269. The highest BCUT2D eigenvalue weighted by Crippen LogP contribution is 2.34. The van der Waals surface area contributed by atoms with Gasteiger partial charge < -0.3 is 0 Å². The maximum absolute atomic E-state index is 13.9. The first-order chi connectivity index (χ1) is 17.2. The Morgan fingerprint density at radius 1 is 1.08 bits per heavy atom. The molecule has 1 aliphatic rings. The predicted octanol–water partition coefficient (Wildman–Crippen LogP) is 5.07. The van der Waals surface area contributed by atoms with Crippen LogP contribution in [0.1, 0.15) is 40.2 Å². The van der Waals surface area contributed by atoms with Gasteiger partial charge in [0.05, 0.1) is 28.1 Å². The Balaban J connectivity index is 1.53. The van der Waals surface area contributed by atoms with Crippen molar-refractivity contribution in [2.45, 2.75) is 40.2 Å². The summed E-state index contributed by atoms with van der Waals surface area (Å²) in [4.78, 5) is 45.9. The Bertz CT molecular complexity index is 1510. The third kappa shape index (κ3) is 4.40. The molecule has 0 saturated carbocycles. The molecule has 2 aromatic carbocycles. The molecule has 3 heterocycles. The van der Waals surface area contributed by atoms with Gasteiger partial charge in [-0.3, -0.25) is 28.9 Å². The zero-order valence-electron chi connectivity index (χ0n) is 20.1. The molecule has 184 valence electrons. The average molecular weight is 522 g/mol. The Kier molecular flexibility index (Phi) is 6.36. The molecule has 1 aliphatic heterocycles. The van der Waals surface area contributed by atoms with Crippen LogP contribution in [0.4, 0.5) is 10.8 Å². The SMILES string of the molecule is Cc1cc(C)n(CCN(C(=O)c2cccc(N3C(=O)CCC3=O)c2)c2nc3c(C)c(Cl)ccc3s2)n1. The molecule has 2 aromatic heterocycles. The Hall–Kier alpha value is -3.56. The van der Waals surface area contributed by atoms with Gasteiger partial charge in [0, 0.05) is 35.7 Å². The summed E-state index contributed by atoms with van der Waals surface area (Å²) in [6.45, 7) is 6.62. The molecular formula is C26H24ClN5O3S. The molecule has 10 heteroatoms. The molecule has 3 amide bonds. The predicted molar refractivity (Wildman–Crippen MR) is 141 cm³/mol. The van der Waals surface area contributed by atoms with Crippen molar-refractivity contribution in [2.24, 2.45) is 0 Å². The summed E-state index contributed by atoms with van der Waals surface area (Å²) in [5, 5.41) is 5.68. The van der Waals surface area contributed by atoms with Crippen molar-refractivity contribution in [1.82, 2.24) is 14.8 Å². The first-order valence-corrected chi connectivity index (χ1v) is 12.8. The number of halogens is 1. The minimum absolute atomic E-state index is 0.180. The van der Waals surface area contributed by atoms with Gasteiger partial charge in [0.1, 0.15) is 0 Å². The van der Waals surface area contributed by atoms with Crippen molar-refractivity contribution in [3.8, 4) is 0 Å². The zero-order chi connectivity index (χ0) is 25.6. The van der Waals surface area contributed by atoms with Gasteiger partial charge in [-0.1, -0.05) is 29.0 Å². The molecule has 1 saturated heterocycles. The molecule has 0 aliphatic carbocycles. The fourth-order valence-corrected chi connectivity index (χ4v) is 5.58. The molecule has 0 unspecified atom stereocenters. The second kappa shape index (κ2) is 9.48. The highest BCUT2D eigenvalue weighted by atomic mass is 35.5. The fourth-order valence-electron chi connectivity index (χ4n) is 4.38. The largest absolute Gasteiger partial charge is 0.282 e. The van der Waals surface area contributed by atoms with E-state index in [-0.39, 0.29) is 30.6 Å². The van der Waals surface area contributed by atoms with E-state index in [4.69, 9.17) is 16.6 Å². The van der Waals surface area contributed by atoms with Crippen LogP contribution in [0, 0.1) is 20.8 Å². The smallest absolute Gasteiger partial charge is 0.260 e. The maximum atomic E-state index is 13.9.